The third-order valence-electron chi connectivity index (χ3n) is 1.41. The molecule has 1 aromatic heterocycles. The molecule has 0 fully saturated rings. The lowest BCUT2D eigenvalue weighted by Crippen LogP contribution is -2.26. The first-order chi connectivity index (χ1) is 6.25. The summed E-state index contributed by atoms with van der Waals surface area (Å²) in [5.41, 5.74) is 0.317. The molecule has 4 nitrogen and oxygen atoms in total. The second-order valence-electron chi connectivity index (χ2n) is 2.34. The highest BCUT2D eigenvalue weighted by molar-refractivity contribution is 6.33. The van der Waals surface area contributed by atoms with Gasteiger partial charge in [-0.2, -0.15) is 0 Å². The highest BCUT2D eigenvalue weighted by atomic mass is 35.5. The highest BCUT2D eigenvalue weighted by Crippen LogP contribution is 2.12. The average Bonchev–Trinajstić information content (AvgIpc) is 2.15. The van der Waals surface area contributed by atoms with Gasteiger partial charge in [-0.3, -0.25) is 9.78 Å². The Labute approximate surface area is 80.6 Å². The molecule has 1 rings (SSSR count). The van der Waals surface area contributed by atoms with E-state index in [1.807, 2.05) is 0 Å². The molecule has 1 aromatic rings. The van der Waals surface area contributed by atoms with E-state index in [9.17, 15) is 4.79 Å². The van der Waals surface area contributed by atoms with Gasteiger partial charge < -0.3 is 10.4 Å². The first kappa shape index (κ1) is 9.95. The molecule has 2 N–H and O–H groups in total. The summed E-state index contributed by atoms with van der Waals surface area (Å²) < 4.78 is 0. The van der Waals surface area contributed by atoms with E-state index in [-0.39, 0.29) is 19.1 Å². The van der Waals surface area contributed by atoms with E-state index in [4.69, 9.17) is 16.7 Å². The van der Waals surface area contributed by atoms with Crippen molar-refractivity contribution in [2.45, 2.75) is 0 Å². The molecule has 0 aliphatic heterocycles. The van der Waals surface area contributed by atoms with E-state index in [0.29, 0.717) is 10.6 Å². The fourth-order valence-corrected chi connectivity index (χ4v) is 1.00. The molecule has 0 aliphatic rings. The smallest absolute Gasteiger partial charge is 0.254 e. The average molecular weight is 201 g/mol. The number of pyridine rings is 1. The third-order valence-corrected chi connectivity index (χ3v) is 1.74. The van der Waals surface area contributed by atoms with Gasteiger partial charge in [0.15, 0.2) is 0 Å². The Balaban J connectivity index is 2.71. The van der Waals surface area contributed by atoms with Crippen LogP contribution >= 0.6 is 11.6 Å². The number of halogens is 1. The van der Waals surface area contributed by atoms with Crippen LogP contribution in [0.4, 0.5) is 0 Å². The monoisotopic (exact) mass is 200 g/mol. The molecule has 13 heavy (non-hydrogen) atoms. The number of hydrogen-bond donors (Lipinski definition) is 2. The zero-order valence-electron chi connectivity index (χ0n) is 6.83. The predicted molar refractivity (Wildman–Crippen MR) is 48.7 cm³/mol. The van der Waals surface area contributed by atoms with Crippen LogP contribution in [0.5, 0.6) is 0 Å². The van der Waals surface area contributed by atoms with Gasteiger partial charge in [0.2, 0.25) is 0 Å². The summed E-state index contributed by atoms with van der Waals surface area (Å²) in [5, 5.41) is 11.3. The summed E-state index contributed by atoms with van der Waals surface area (Å²) in [6.45, 7) is 0.119. The fourth-order valence-electron chi connectivity index (χ4n) is 0.809. The normalized spacial score (nSPS) is 9.69. The van der Waals surface area contributed by atoms with Crippen molar-refractivity contribution in [1.29, 1.82) is 0 Å². The molecule has 0 atom stereocenters. The zero-order chi connectivity index (χ0) is 9.68. The van der Waals surface area contributed by atoms with Crippen LogP contribution in [0.3, 0.4) is 0 Å². The Morgan fingerprint density at radius 1 is 1.69 bits per heavy atom. The zero-order valence-corrected chi connectivity index (χ0v) is 7.58. The number of carbonyl (C=O) groups is 1. The van der Waals surface area contributed by atoms with E-state index >= 15 is 0 Å². The van der Waals surface area contributed by atoms with Crippen molar-refractivity contribution in [1.82, 2.24) is 10.3 Å². The van der Waals surface area contributed by atoms with Gasteiger partial charge in [-0.15, -0.1) is 0 Å². The van der Waals surface area contributed by atoms with Gasteiger partial charge in [-0.25, -0.2) is 0 Å². The minimum atomic E-state index is -0.327. The van der Waals surface area contributed by atoms with E-state index in [0.717, 1.165) is 0 Å². The number of nitrogens with one attached hydrogen (secondary N) is 1. The molecule has 0 aromatic carbocycles. The molecular formula is C8H9ClN2O2. The molecule has 0 aliphatic carbocycles. The van der Waals surface area contributed by atoms with Crippen LogP contribution in [-0.2, 0) is 0 Å². The van der Waals surface area contributed by atoms with Crippen molar-refractivity contribution in [3.8, 4) is 0 Å². The molecule has 1 amide bonds. The number of nitrogens with zero attached hydrogens (tertiary/aromatic N) is 1. The lowest BCUT2D eigenvalue weighted by molar-refractivity contribution is 0.0944. The summed E-state index contributed by atoms with van der Waals surface area (Å²) in [4.78, 5) is 15.0. The molecule has 5 heteroatoms. The third kappa shape index (κ3) is 2.68. The van der Waals surface area contributed by atoms with Gasteiger partial charge in [0.25, 0.3) is 5.91 Å². The van der Waals surface area contributed by atoms with Gasteiger partial charge in [0, 0.05) is 18.9 Å². The Morgan fingerprint density at radius 3 is 3.08 bits per heavy atom. The molecule has 1 heterocycles. The summed E-state index contributed by atoms with van der Waals surface area (Å²) in [5.74, 6) is -0.327. The van der Waals surface area contributed by atoms with Crippen molar-refractivity contribution in [2.75, 3.05) is 13.2 Å². The molecule has 70 valence electrons. The molecule has 0 radical (unpaired) electrons. The second kappa shape index (κ2) is 4.79. The molecule has 0 saturated carbocycles. The SMILES string of the molecule is O=C(NCCO)c1cnccc1Cl. The largest absolute Gasteiger partial charge is 0.395 e. The Bertz CT molecular complexity index is 304. The topological polar surface area (TPSA) is 62.2 Å². The maximum Gasteiger partial charge on any atom is 0.254 e. The van der Waals surface area contributed by atoms with Gasteiger partial charge in [-0.05, 0) is 6.07 Å². The van der Waals surface area contributed by atoms with E-state index < -0.39 is 0 Å². The lowest BCUT2D eigenvalue weighted by atomic mass is 10.2. The van der Waals surface area contributed by atoms with Crippen molar-refractivity contribution in [2.24, 2.45) is 0 Å². The maximum absolute atomic E-state index is 11.3. The maximum atomic E-state index is 11.3. The Kier molecular flexibility index (Phi) is 3.67. The molecule has 0 bridgehead atoms. The fraction of sp³-hybridized carbons (Fsp3) is 0.250. The van der Waals surface area contributed by atoms with Crippen LogP contribution in [0.15, 0.2) is 18.5 Å². The minimum absolute atomic E-state index is 0.0936. The van der Waals surface area contributed by atoms with Crippen molar-refractivity contribution in [3.05, 3.63) is 29.0 Å². The van der Waals surface area contributed by atoms with Crippen LogP contribution in [0.25, 0.3) is 0 Å². The Hall–Kier alpha value is -1.13. The quantitative estimate of drug-likeness (QED) is 0.745. The number of hydrogen-bond acceptors (Lipinski definition) is 3. The van der Waals surface area contributed by atoms with Gasteiger partial charge in [0.05, 0.1) is 17.2 Å². The first-order valence-corrected chi connectivity index (χ1v) is 4.12. The van der Waals surface area contributed by atoms with Crippen LogP contribution in [0.1, 0.15) is 10.4 Å². The number of aliphatic hydroxyl groups is 1. The Morgan fingerprint density at radius 2 is 2.46 bits per heavy atom. The summed E-state index contributed by atoms with van der Waals surface area (Å²) in [6.07, 6.45) is 2.89. The molecule has 0 saturated heterocycles. The molecule has 0 spiro atoms. The molecular weight excluding hydrogens is 192 g/mol. The van der Waals surface area contributed by atoms with Crippen LogP contribution < -0.4 is 5.32 Å². The summed E-state index contributed by atoms with van der Waals surface area (Å²) in [7, 11) is 0. The number of carbonyl (C=O) groups excluding carboxylic acids is 1. The summed E-state index contributed by atoms with van der Waals surface area (Å²) >= 11 is 5.73. The summed E-state index contributed by atoms with van der Waals surface area (Å²) in [6, 6.07) is 1.54. The standard InChI is InChI=1S/C8H9ClN2O2/c9-7-1-2-10-5-6(7)8(13)11-3-4-12/h1-2,5,12H,3-4H2,(H,11,13). The van der Waals surface area contributed by atoms with E-state index in [2.05, 4.69) is 10.3 Å². The second-order valence-corrected chi connectivity index (χ2v) is 2.74. The minimum Gasteiger partial charge on any atom is -0.395 e. The van der Waals surface area contributed by atoms with Crippen molar-refractivity contribution in [3.63, 3.8) is 0 Å². The van der Waals surface area contributed by atoms with Crippen LogP contribution in [-0.4, -0.2) is 29.1 Å². The first-order valence-electron chi connectivity index (χ1n) is 3.74. The number of amides is 1. The van der Waals surface area contributed by atoms with Crippen molar-refractivity contribution >= 4 is 17.5 Å². The van der Waals surface area contributed by atoms with E-state index in [1.54, 1.807) is 0 Å². The highest BCUT2D eigenvalue weighted by Gasteiger charge is 2.08. The van der Waals surface area contributed by atoms with Crippen LogP contribution in [0.2, 0.25) is 5.02 Å². The van der Waals surface area contributed by atoms with Crippen molar-refractivity contribution < 1.29 is 9.90 Å². The number of aromatic nitrogens is 1. The number of rotatable bonds is 3. The van der Waals surface area contributed by atoms with Gasteiger partial charge in [-0.1, -0.05) is 11.6 Å². The lowest BCUT2D eigenvalue weighted by Gasteiger charge is -2.03. The molecule has 0 unspecified atom stereocenters. The van der Waals surface area contributed by atoms with Gasteiger partial charge >= 0.3 is 0 Å². The van der Waals surface area contributed by atoms with E-state index in [1.165, 1.54) is 18.5 Å². The van der Waals surface area contributed by atoms with Crippen LogP contribution in [0, 0.1) is 0 Å². The number of aliphatic hydroxyl groups excluding tert-OH is 1. The van der Waals surface area contributed by atoms with Gasteiger partial charge in [0.1, 0.15) is 0 Å². The predicted octanol–water partition coefficient (Wildman–Crippen LogP) is 0.457.